The average molecular weight is 502 g/mol. The monoisotopic (exact) mass is 502 g/mol. The number of amides is 1. The molecule has 0 spiro atoms. The number of rotatable bonds is 6. The Morgan fingerprint density at radius 2 is 1.96 bits per heavy atom. The summed E-state index contributed by atoms with van der Waals surface area (Å²) in [5, 5.41) is 6.17. The Balaban J connectivity index is 0.00000392. The van der Waals surface area contributed by atoms with Gasteiger partial charge >= 0.3 is 6.09 Å². The number of likely N-dealkylation sites (tertiary alicyclic amines) is 1. The van der Waals surface area contributed by atoms with Gasteiger partial charge in [-0.25, -0.2) is 4.79 Å². The van der Waals surface area contributed by atoms with E-state index in [9.17, 15) is 4.79 Å². The van der Waals surface area contributed by atoms with Crippen molar-refractivity contribution in [3.63, 3.8) is 0 Å². The maximum Gasteiger partial charge on any atom is 0.407 e. The number of hydrogen-bond acceptors (Lipinski definition) is 3. The fourth-order valence-corrected chi connectivity index (χ4v) is 3.14. The van der Waals surface area contributed by atoms with Crippen LogP contribution in [-0.2, 0) is 4.74 Å². The van der Waals surface area contributed by atoms with Crippen LogP contribution < -0.4 is 10.6 Å². The first kappa shape index (κ1) is 24.5. The van der Waals surface area contributed by atoms with E-state index in [1.165, 1.54) is 5.56 Å². The van der Waals surface area contributed by atoms with Crippen molar-refractivity contribution in [3.05, 3.63) is 35.9 Å². The van der Waals surface area contributed by atoms with E-state index >= 15 is 0 Å². The Morgan fingerprint density at radius 3 is 2.61 bits per heavy atom. The van der Waals surface area contributed by atoms with Crippen LogP contribution in [0.3, 0.4) is 0 Å². The minimum Gasteiger partial charge on any atom is -0.444 e. The Hall–Kier alpha value is -1.51. The summed E-state index contributed by atoms with van der Waals surface area (Å²) in [6, 6.07) is 10.7. The quantitative estimate of drug-likeness (QED) is 0.268. The van der Waals surface area contributed by atoms with Crippen LogP contribution >= 0.6 is 24.0 Å². The first-order chi connectivity index (χ1) is 12.9. The van der Waals surface area contributed by atoms with Gasteiger partial charge in [0.15, 0.2) is 5.96 Å². The van der Waals surface area contributed by atoms with E-state index in [-0.39, 0.29) is 30.1 Å². The largest absolute Gasteiger partial charge is 0.444 e. The van der Waals surface area contributed by atoms with E-state index in [0.717, 1.165) is 38.4 Å². The summed E-state index contributed by atoms with van der Waals surface area (Å²) in [7, 11) is 0. The zero-order valence-corrected chi connectivity index (χ0v) is 19.9. The van der Waals surface area contributed by atoms with Crippen molar-refractivity contribution in [2.45, 2.75) is 52.1 Å². The molecular weight excluding hydrogens is 467 g/mol. The van der Waals surface area contributed by atoms with Gasteiger partial charge in [0.1, 0.15) is 5.60 Å². The molecule has 2 N–H and O–H groups in total. The maximum absolute atomic E-state index is 11.6. The zero-order valence-electron chi connectivity index (χ0n) is 17.5. The molecule has 28 heavy (non-hydrogen) atoms. The summed E-state index contributed by atoms with van der Waals surface area (Å²) in [5.74, 6) is 1.53. The van der Waals surface area contributed by atoms with Gasteiger partial charge < -0.3 is 20.3 Å². The standard InChI is InChI=1S/C21H34N4O2.HI/c1-5-22-19(23-13-9-14-24-20(26)27-21(2,3)4)25-15-12-18(16-25)17-10-7-6-8-11-17;/h6-8,10-11,18H,5,9,12-16H2,1-4H3,(H,22,23)(H,24,26);1H. The lowest BCUT2D eigenvalue weighted by Gasteiger charge is -2.22. The van der Waals surface area contributed by atoms with Gasteiger partial charge in [-0.05, 0) is 46.1 Å². The smallest absolute Gasteiger partial charge is 0.407 e. The molecule has 2 rings (SSSR count). The topological polar surface area (TPSA) is 66.0 Å². The number of carbonyl (C=O) groups is 1. The van der Waals surface area contributed by atoms with Gasteiger partial charge in [-0.3, -0.25) is 4.99 Å². The highest BCUT2D eigenvalue weighted by Crippen LogP contribution is 2.26. The van der Waals surface area contributed by atoms with Crippen molar-refractivity contribution in [1.82, 2.24) is 15.5 Å². The maximum atomic E-state index is 11.6. The molecule has 1 unspecified atom stereocenters. The van der Waals surface area contributed by atoms with Crippen molar-refractivity contribution in [2.24, 2.45) is 4.99 Å². The molecule has 1 heterocycles. The molecule has 6 nitrogen and oxygen atoms in total. The SMILES string of the molecule is CCNC(=NCCCNC(=O)OC(C)(C)C)N1CCC(c2ccccc2)C1.I. The van der Waals surface area contributed by atoms with Crippen molar-refractivity contribution in [2.75, 3.05) is 32.7 Å². The van der Waals surface area contributed by atoms with Gasteiger partial charge in [-0.1, -0.05) is 30.3 Å². The summed E-state index contributed by atoms with van der Waals surface area (Å²) in [6.45, 7) is 11.8. The fraction of sp³-hybridized carbons (Fsp3) is 0.619. The van der Waals surface area contributed by atoms with E-state index in [1.807, 2.05) is 20.8 Å². The first-order valence-corrected chi connectivity index (χ1v) is 9.94. The molecule has 1 atom stereocenters. The summed E-state index contributed by atoms with van der Waals surface area (Å²) in [5.41, 5.74) is 0.934. The van der Waals surface area contributed by atoms with E-state index in [1.54, 1.807) is 0 Å². The van der Waals surface area contributed by atoms with Gasteiger partial charge in [0.25, 0.3) is 0 Å². The van der Waals surface area contributed by atoms with E-state index in [0.29, 0.717) is 19.0 Å². The number of nitrogens with one attached hydrogen (secondary N) is 2. The van der Waals surface area contributed by atoms with Crippen LogP contribution in [-0.4, -0.2) is 55.3 Å². The van der Waals surface area contributed by atoms with Crippen LogP contribution in [0.5, 0.6) is 0 Å². The van der Waals surface area contributed by atoms with Crippen LogP contribution in [0, 0.1) is 0 Å². The first-order valence-electron chi connectivity index (χ1n) is 9.94. The normalized spacial score (nSPS) is 17.1. The van der Waals surface area contributed by atoms with Crippen molar-refractivity contribution in [3.8, 4) is 0 Å². The number of alkyl carbamates (subject to hydrolysis) is 1. The minimum atomic E-state index is -0.467. The minimum absolute atomic E-state index is 0. The average Bonchev–Trinajstić information content (AvgIpc) is 3.10. The van der Waals surface area contributed by atoms with Gasteiger partial charge in [0, 0.05) is 38.6 Å². The Kier molecular flexibility index (Phi) is 10.6. The van der Waals surface area contributed by atoms with Crippen LogP contribution in [0.25, 0.3) is 0 Å². The number of benzene rings is 1. The molecule has 0 aromatic heterocycles. The molecular formula is C21H35IN4O2. The van der Waals surface area contributed by atoms with Gasteiger partial charge in [0.2, 0.25) is 0 Å². The molecule has 1 aliphatic rings. The highest BCUT2D eigenvalue weighted by atomic mass is 127. The van der Waals surface area contributed by atoms with Gasteiger partial charge in [-0.15, -0.1) is 24.0 Å². The van der Waals surface area contributed by atoms with Gasteiger partial charge in [0.05, 0.1) is 0 Å². The molecule has 7 heteroatoms. The summed E-state index contributed by atoms with van der Waals surface area (Å²) in [6.07, 6.45) is 1.56. The Labute approximate surface area is 186 Å². The molecule has 0 bridgehead atoms. The molecule has 1 aromatic rings. The number of guanidine groups is 1. The lowest BCUT2D eigenvalue weighted by molar-refractivity contribution is 0.0527. The van der Waals surface area contributed by atoms with Crippen LogP contribution in [0.2, 0.25) is 0 Å². The third kappa shape index (κ3) is 8.67. The molecule has 0 saturated carbocycles. The third-order valence-electron chi connectivity index (χ3n) is 4.36. The number of halogens is 1. The second-order valence-electron chi connectivity index (χ2n) is 7.86. The van der Waals surface area contributed by atoms with E-state index in [4.69, 9.17) is 9.73 Å². The molecule has 1 aromatic carbocycles. The van der Waals surface area contributed by atoms with Crippen molar-refractivity contribution < 1.29 is 9.53 Å². The van der Waals surface area contributed by atoms with Crippen molar-refractivity contribution >= 4 is 36.0 Å². The molecule has 1 saturated heterocycles. The molecule has 1 fully saturated rings. The lowest BCUT2D eigenvalue weighted by atomic mass is 9.99. The molecule has 0 radical (unpaired) electrons. The predicted octanol–water partition coefficient (Wildman–Crippen LogP) is 3.97. The highest BCUT2D eigenvalue weighted by molar-refractivity contribution is 14.0. The second kappa shape index (κ2) is 12.1. The molecule has 1 amide bonds. The second-order valence-corrected chi connectivity index (χ2v) is 7.86. The van der Waals surface area contributed by atoms with E-state index in [2.05, 4.69) is 52.8 Å². The Bertz CT molecular complexity index is 617. The number of ether oxygens (including phenoxy) is 1. The van der Waals surface area contributed by atoms with E-state index < -0.39 is 5.60 Å². The summed E-state index contributed by atoms with van der Waals surface area (Å²) >= 11 is 0. The van der Waals surface area contributed by atoms with Crippen molar-refractivity contribution in [1.29, 1.82) is 0 Å². The van der Waals surface area contributed by atoms with Gasteiger partial charge in [-0.2, -0.15) is 0 Å². The number of hydrogen-bond donors (Lipinski definition) is 2. The third-order valence-corrected chi connectivity index (χ3v) is 4.36. The number of carbonyl (C=O) groups excluding carboxylic acids is 1. The fourth-order valence-electron chi connectivity index (χ4n) is 3.14. The van der Waals surface area contributed by atoms with Crippen LogP contribution in [0.1, 0.15) is 52.0 Å². The van der Waals surface area contributed by atoms with Crippen LogP contribution in [0.4, 0.5) is 4.79 Å². The number of aliphatic imine (C=N–C) groups is 1. The predicted molar refractivity (Wildman–Crippen MR) is 126 cm³/mol. The Morgan fingerprint density at radius 1 is 1.25 bits per heavy atom. The molecule has 158 valence electrons. The van der Waals surface area contributed by atoms with Crippen LogP contribution in [0.15, 0.2) is 35.3 Å². The zero-order chi connectivity index (χ0) is 19.7. The summed E-state index contributed by atoms with van der Waals surface area (Å²) in [4.78, 5) is 18.7. The number of nitrogens with zero attached hydrogens (tertiary/aromatic N) is 2. The lowest BCUT2D eigenvalue weighted by Crippen LogP contribution is -2.40. The summed E-state index contributed by atoms with van der Waals surface area (Å²) < 4.78 is 5.23. The highest BCUT2D eigenvalue weighted by Gasteiger charge is 2.25. The molecule has 0 aliphatic carbocycles. The molecule has 1 aliphatic heterocycles.